The lowest BCUT2D eigenvalue weighted by Crippen LogP contribution is -2.38. The van der Waals surface area contributed by atoms with Crippen LogP contribution in [0.1, 0.15) is 55.4 Å². The summed E-state index contributed by atoms with van der Waals surface area (Å²) in [7, 11) is 0. The third-order valence-electron chi connectivity index (χ3n) is 3.43. The van der Waals surface area contributed by atoms with Crippen molar-refractivity contribution in [3.05, 3.63) is 22.8 Å². The number of hydrogen-bond acceptors (Lipinski definition) is 2. The molecule has 0 saturated carbocycles. The monoisotopic (exact) mass is 265 g/mol. The highest BCUT2D eigenvalue weighted by molar-refractivity contribution is 5.95. The summed E-state index contributed by atoms with van der Waals surface area (Å²) >= 11 is 0. The maximum atomic E-state index is 12.6. The van der Waals surface area contributed by atoms with Gasteiger partial charge in [0.1, 0.15) is 11.5 Å². The minimum atomic E-state index is 0.0619. The number of carbonyl (C=O) groups excluding carboxylic acids is 1. The Hall–Kier alpha value is -1.25. The minimum absolute atomic E-state index is 0.0619. The molecule has 108 valence electrons. The van der Waals surface area contributed by atoms with Crippen LogP contribution in [0.3, 0.4) is 0 Å². The van der Waals surface area contributed by atoms with E-state index in [1.54, 1.807) is 0 Å². The Labute approximate surface area is 117 Å². The van der Waals surface area contributed by atoms with E-state index in [9.17, 15) is 4.79 Å². The van der Waals surface area contributed by atoms with Gasteiger partial charge in [-0.05, 0) is 33.6 Å². The van der Waals surface area contributed by atoms with Crippen molar-refractivity contribution >= 4 is 5.91 Å². The van der Waals surface area contributed by atoms with Crippen LogP contribution in [0.4, 0.5) is 0 Å². The molecule has 0 aromatic rings. The van der Waals surface area contributed by atoms with Crippen LogP contribution >= 0.6 is 0 Å². The van der Waals surface area contributed by atoms with Gasteiger partial charge in [-0.3, -0.25) is 4.79 Å². The Kier molecular flexibility index (Phi) is 4.83. The van der Waals surface area contributed by atoms with Crippen LogP contribution in [0.25, 0.3) is 0 Å². The number of nitrogens with zero attached hydrogens (tertiary/aromatic N) is 1. The molecule has 0 fully saturated rings. The molecule has 0 bridgehead atoms. The molecule has 0 aliphatic carbocycles. The Bertz CT molecular complexity index is 428. The van der Waals surface area contributed by atoms with Crippen molar-refractivity contribution in [2.45, 2.75) is 61.4 Å². The molecular weight excluding hydrogens is 238 g/mol. The second-order valence-electron chi connectivity index (χ2n) is 6.11. The van der Waals surface area contributed by atoms with E-state index < -0.39 is 0 Å². The number of carbonyl (C=O) groups is 1. The minimum Gasteiger partial charge on any atom is -0.464 e. The standard InChI is InChI=1S/C16H27NO2/c1-9(2)14-15(10(3)4)19-13(8)12(7)16(18)17(14)11(5)6/h9-11H,1-8H3. The molecule has 0 N–H and O–H groups in total. The average molecular weight is 265 g/mol. The van der Waals surface area contributed by atoms with Crippen LogP contribution in [0, 0.1) is 11.8 Å². The fourth-order valence-electron chi connectivity index (χ4n) is 2.34. The maximum Gasteiger partial charge on any atom is 0.257 e. The SMILES string of the molecule is CC1=C(C)C(=O)N(C(C)C)C(C(C)C)=C(C(C)C)O1. The largest absolute Gasteiger partial charge is 0.464 e. The molecule has 1 rings (SSSR count). The summed E-state index contributed by atoms with van der Waals surface area (Å²) in [6.45, 7) is 16.2. The first-order valence-corrected chi connectivity index (χ1v) is 7.11. The molecule has 1 heterocycles. The van der Waals surface area contributed by atoms with Crippen molar-refractivity contribution in [3.8, 4) is 0 Å². The number of allylic oxidation sites excluding steroid dienone is 3. The molecule has 0 spiro atoms. The Morgan fingerprint density at radius 1 is 0.947 bits per heavy atom. The molecule has 0 atom stereocenters. The van der Waals surface area contributed by atoms with E-state index in [1.165, 1.54) is 0 Å². The van der Waals surface area contributed by atoms with Crippen molar-refractivity contribution < 1.29 is 9.53 Å². The summed E-state index contributed by atoms with van der Waals surface area (Å²) in [5, 5.41) is 0. The first-order chi connectivity index (χ1) is 8.68. The number of hydrogen-bond donors (Lipinski definition) is 0. The molecule has 3 heteroatoms. The number of rotatable bonds is 3. The van der Waals surface area contributed by atoms with Crippen molar-refractivity contribution in [1.29, 1.82) is 0 Å². The Morgan fingerprint density at radius 2 is 1.47 bits per heavy atom. The predicted molar refractivity (Wildman–Crippen MR) is 78.1 cm³/mol. The van der Waals surface area contributed by atoms with E-state index in [0.29, 0.717) is 5.57 Å². The third kappa shape index (κ3) is 3.02. The fourth-order valence-corrected chi connectivity index (χ4v) is 2.34. The second kappa shape index (κ2) is 5.81. The molecule has 0 unspecified atom stereocenters. The summed E-state index contributed by atoms with van der Waals surface area (Å²) in [6.07, 6.45) is 0. The molecule has 19 heavy (non-hydrogen) atoms. The topological polar surface area (TPSA) is 29.5 Å². The molecule has 1 amide bonds. The molecule has 1 aliphatic heterocycles. The van der Waals surface area contributed by atoms with Crippen LogP contribution in [-0.4, -0.2) is 16.8 Å². The summed E-state index contributed by atoms with van der Waals surface area (Å²) in [5.41, 5.74) is 1.72. The van der Waals surface area contributed by atoms with Crippen molar-refractivity contribution in [2.75, 3.05) is 0 Å². The molecule has 3 nitrogen and oxygen atoms in total. The van der Waals surface area contributed by atoms with E-state index in [4.69, 9.17) is 4.74 Å². The molecule has 1 aliphatic rings. The highest BCUT2D eigenvalue weighted by Gasteiger charge is 2.32. The van der Waals surface area contributed by atoms with Crippen LogP contribution in [0.5, 0.6) is 0 Å². The van der Waals surface area contributed by atoms with E-state index in [2.05, 4.69) is 27.7 Å². The number of ether oxygens (including phenoxy) is 1. The van der Waals surface area contributed by atoms with E-state index in [0.717, 1.165) is 17.2 Å². The second-order valence-corrected chi connectivity index (χ2v) is 6.11. The summed E-state index contributed by atoms with van der Waals surface area (Å²) < 4.78 is 6.01. The maximum absolute atomic E-state index is 12.6. The van der Waals surface area contributed by atoms with Crippen molar-refractivity contribution in [1.82, 2.24) is 4.90 Å². The molecular formula is C16H27NO2. The normalized spacial score (nSPS) is 17.8. The van der Waals surface area contributed by atoms with Gasteiger partial charge >= 0.3 is 0 Å². The van der Waals surface area contributed by atoms with Gasteiger partial charge in [0.2, 0.25) is 0 Å². The third-order valence-corrected chi connectivity index (χ3v) is 3.43. The summed E-state index contributed by atoms with van der Waals surface area (Å²) in [5.74, 6) is 2.21. The van der Waals surface area contributed by atoms with Crippen LogP contribution in [0.2, 0.25) is 0 Å². The quantitative estimate of drug-likeness (QED) is 0.769. The average Bonchev–Trinajstić information content (AvgIpc) is 2.38. The summed E-state index contributed by atoms with van der Waals surface area (Å²) in [4.78, 5) is 14.5. The van der Waals surface area contributed by atoms with Gasteiger partial charge in [0.05, 0.1) is 11.3 Å². The molecule has 0 radical (unpaired) electrons. The Morgan fingerprint density at radius 3 is 1.84 bits per heavy atom. The van der Waals surface area contributed by atoms with Gasteiger partial charge in [0, 0.05) is 12.0 Å². The molecule has 0 saturated heterocycles. The van der Waals surface area contributed by atoms with E-state index >= 15 is 0 Å². The van der Waals surface area contributed by atoms with Crippen LogP contribution in [-0.2, 0) is 9.53 Å². The van der Waals surface area contributed by atoms with Gasteiger partial charge in [-0.2, -0.15) is 0 Å². The predicted octanol–water partition coefficient (Wildman–Crippen LogP) is 4.07. The zero-order valence-electron chi connectivity index (χ0n) is 13.5. The zero-order chi connectivity index (χ0) is 14.9. The van der Waals surface area contributed by atoms with Crippen LogP contribution in [0.15, 0.2) is 22.8 Å². The zero-order valence-corrected chi connectivity index (χ0v) is 13.5. The van der Waals surface area contributed by atoms with Gasteiger partial charge in [0.15, 0.2) is 0 Å². The van der Waals surface area contributed by atoms with Gasteiger partial charge in [0.25, 0.3) is 5.91 Å². The highest BCUT2D eigenvalue weighted by Crippen LogP contribution is 2.33. The smallest absolute Gasteiger partial charge is 0.257 e. The fraction of sp³-hybridized carbons (Fsp3) is 0.688. The van der Waals surface area contributed by atoms with Crippen molar-refractivity contribution in [2.24, 2.45) is 11.8 Å². The molecule has 0 aromatic heterocycles. The van der Waals surface area contributed by atoms with E-state index in [1.807, 2.05) is 32.6 Å². The molecule has 0 aromatic carbocycles. The lowest BCUT2D eigenvalue weighted by molar-refractivity contribution is -0.127. The first-order valence-electron chi connectivity index (χ1n) is 7.11. The Balaban J connectivity index is 3.52. The van der Waals surface area contributed by atoms with Crippen LogP contribution < -0.4 is 0 Å². The lowest BCUT2D eigenvalue weighted by Gasteiger charge is -2.32. The highest BCUT2D eigenvalue weighted by atomic mass is 16.5. The number of amides is 1. The summed E-state index contributed by atoms with van der Waals surface area (Å²) in [6, 6.07) is 0.128. The van der Waals surface area contributed by atoms with Gasteiger partial charge in [-0.1, -0.05) is 27.7 Å². The van der Waals surface area contributed by atoms with Gasteiger partial charge in [-0.15, -0.1) is 0 Å². The van der Waals surface area contributed by atoms with Gasteiger partial charge in [-0.25, -0.2) is 0 Å². The lowest BCUT2D eigenvalue weighted by atomic mass is 10.0. The van der Waals surface area contributed by atoms with Gasteiger partial charge < -0.3 is 9.64 Å². The van der Waals surface area contributed by atoms with Crippen molar-refractivity contribution in [3.63, 3.8) is 0 Å². The van der Waals surface area contributed by atoms with E-state index in [-0.39, 0.29) is 23.8 Å². The first kappa shape index (κ1) is 15.8.